The molecule has 0 N–H and O–H groups in total. The van der Waals surface area contributed by atoms with Crippen LogP contribution in [0.25, 0.3) is 0 Å². The number of ketones is 1. The zero-order chi connectivity index (χ0) is 24.1. The van der Waals surface area contributed by atoms with Crippen LogP contribution in [0.15, 0.2) is 24.3 Å². The van der Waals surface area contributed by atoms with Gasteiger partial charge >= 0.3 is 17.9 Å². The molecule has 0 amide bonds. The van der Waals surface area contributed by atoms with Gasteiger partial charge in [0, 0.05) is 44.2 Å². The standard InChI is InChI=1S/C23H27Cl2NO7/c1-3-31-22(29)19-17(14-4-6-15(7-5-14)32-13(2)27)18-20(28)16(21(19)33-23(18)30)12-26(10-8-24)11-9-25/h4-7,16-19,21H,3,8-12H2,1-2H3/t16-,17+,18+,19-,21-/m0/s1. The van der Waals surface area contributed by atoms with Crippen LogP contribution in [0.3, 0.4) is 0 Å². The highest BCUT2D eigenvalue weighted by atomic mass is 35.5. The van der Waals surface area contributed by atoms with Gasteiger partial charge in [-0.25, -0.2) is 0 Å². The first-order valence-electron chi connectivity index (χ1n) is 10.9. The Kier molecular flexibility index (Phi) is 8.73. The van der Waals surface area contributed by atoms with E-state index >= 15 is 0 Å². The van der Waals surface area contributed by atoms with Crippen molar-refractivity contribution in [3.05, 3.63) is 29.8 Å². The topological polar surface area (TPSA) is 99.2 Å². The first kappa shape index (κ1) is 25.5. The average Bonchev–Trinajstić information content (AvgIpc) is 2.76. The first-order valence-corrected chi connectivity index (χ1v) is 11.9. The summed E-state index contributed by atoms with van der Waals surface area (Å²) in [5.41, 5.74) is 0.598. The number of rotatable bonds is 10. The molecule has 2 saturated heterocycles. The quantitative estimate of drug-likeness (QED) is 0.209. The van der Waals surface area contributed by atoms with E-state index in [9.17, 15) is 19.2 Å². The second-order valence-electron chi connectivity index (χ2n) is 8.03. The Morgan fingerprint density at radius 2 is 1.73 bits per heavy atom. The molecule has 2 aliphatic heterocycles. The van der Waals surface area contributed by atoms with Crippen LogP contribution >= 0.6 is 23.2 Å². The third-order valence-electron chi connectivity index (χ3n) is 6.02. The van der Waals surface area contributed by atoms with E-state index in [0.717, 1.165) is 0 Å². The SMILES string of the molecule is CCOC(=O)[C@@H]1[C@H]2OC(=O)[C@@H](C(=O)[C@@H]2CN(CCCl)CCCl)[C@H]1c1ccc(OC(C)=O)cc1. The van der Waals surface area contributed by atoms with Gasteiger partial charge in [0.15, 0.2) is 5.78 Å². The second-order valence-corrected chi connectivity index (χ2v) is 8.79. The molecular weight excluding hydrogens is 473 g/mol. The van der Waals surface area contributed by atoms with Crippen molar-refractivity contribution in [3.63, 3.8) is 0 Å². The molecule has 2 bridgehead atoms. The predicted molar refractivity (Wildman–Crippen MR) is 120 cm³/mol. The number of hydrogen-bond donors (Lipinski definition) is 0. The first-order chi connectivity index (χ1) is 15.8. The minimum atomic E-state index is -1.14. The normalized spacial score (nSPS) is 26.3. The third kappa shape index (κ3) is 5.50. The molecule has 0 radical (unpaired) electrons. The van der Waals surface area contributed by atoms with Gasteiger partial charge in [0.25, 0.3) is 0 Å². The number of esters is 3. The van der Waals surface area contributed by atoms with Crippen LogP contribution in [0.2, 0.25) is 0 Å². The van der Waals surface area contributed by atoms with Gasteiger partial charge < -0.3 is 19.1 Å². The van der Waals surface area contributed by atoms with E-state index in [4.69, 9.17) is 37.4 Å². The van der Waals surface area contributed by atoms with Gasteiger partial charge in [-0.2, -0.15) is 0 Å². The molecule has 33 heavy (non-hydrogen) atoms. The van der Waals surface area contributed by atoms with Crippen molar-refractivity contribution < 1.29 is 33.4 Å². The number of nitrogens with zero attached hydrogens (tertiary/aromatic N) is 1. The lowest BCUT2D eigenvalue weighted by Gasteiger charge is -2.49. The lowest BCUT2D eigenvalue weighted by molar-refractivity contribution is -0.197. The molecule has 5 atom stereocenters. The van der Waals surface area contributed by atoms with Crippen LogP contribution in [0.4, 0.5) is 0 Å². The number of fused-ring (bicyclic) bond motifs is 3. The van der Waals surface area contributed by atoms with Gasteiger partial charge in [0.2, 0.25) is 0 Å². The van der Waals surface area contributed by atoms with Crippen molar-refractivity contribution in [3.8, 4) is 5.75 Å². The molecule has 10 heteroatoms. The highest BCUT2D eigenvalue weighted by Gasteiger charge is 2.62. The second kappa shape index (κ2) is 11.3. The van der Waals surface area contributed by atoms with Crippen molar-refractivity contribution in [2.24, 2.45) is 17.8 Å². The van der Waals surface area contributed by atoms with Crippen LogP contribution in [0, 0.1) is 17.8 Å². The fraction of sp³-hybridized carbons (Fsp3) is 0.565. The monoisotopic (exact) mass is 499 g/mol. The molecule has 3 aliphatic rings. The summed E-state index contributed by atoms with van der Waals surface area (Å²) in [7, 11) is 0. The number of carbonyl (C=O) groups excluding carboxylic acids is 4. The van der Waals surface area contributed by atoms with Crippen molar-refractivity contribution in [2.75, 3.05) is 38.0 Å². The van der Waals surface area contributed by atoms with E-state index in [1.807, 2.05) is 4.90 Å². The number of Topliss-reactive ketones (excluding diaryl/α,β-unsaturated/α-hetero) is 1. The Labute approximate surface area is 202 Å². The zero-order valence-electron chi connectivity index (χ0n) is 18.5. The molecule has 0 aromatic heterocycles. The number of ether oxygens (including phenoxy) is 3. The number of benzene rings is 1. The molecule has 180 valence electrons. The van der Waals surface area contributed by atoms with E-state index in [0.29, 0.717) is 36.2 Å². The molecule has 1 aromatic rings. The minimum absolute atomic E-state index is 0.155. The van der Waals surface area contributed by atoms with E-state index in [1.165, 1.54) is 6.92 Å². The molecule has 8 nitrogen and oxygen atoms in total. The Bertz CT molecular complexity index is 885. The van der Waals surface area contributed by atoms with Gasteiger partial charge in [-0.3, -0.25) is 19.2 Å². The lowest BCUT2D eigenvalue weighted by atomic mass is 9.60. The van der Waals surface area contributed by atoms with Crippen LogP contribution in [0.1, 0.15) is 25.3 Å². The Morgan fingerprint density at radius 1 is 1.09 bits per heavy atom. The number of hydrogen-bond acceptors (Lipinski definition) is 8. The highest BCUT2D eigenvalue weighted by Crippen LogP contribution is 2.49. The maximum atomic E-state index is 13.4. The summed E-state index contributed by atoms with van der Waals surface area (Å²) in [5.74, 6) is -4.27. The molecule has 0 spiro atoms. The summed E-state index contributed by atoms with van der Waals surface area (Å²) in [6.45, 7) is 4.43. The van der Waals surface area contributed by atoms with E-state index in [2.05, 4.69) is 0 Å². The maximum Gasteiger partial charge on any atom is 0.317 e. The molecule has 1 saturated carbocycles. The molecular formula is C23H27Cl2NO7. The molecule has 3 fully saturated rings. The molecule has 2 heterocycles. The zero-order valence-corrected chi connectivity index (χ0v) is 20.0. The lowest BCUT2D eigenvalue weighted by Crippen LogP contribution is -2.63. The predicted octanol–water partition coefficient (Wildman–Crippen LogP) is 2.39. The summed E-state index contributed by atoms with van der Waals surface area (Å²) in [6.07, 6.45) is -0.958. The Balaban J connectivity index is 1.97. The summed E-state index contributed by atoms with van der Waals surface area (Å²) in [5, 5.41) is 0. The van der Waals surface area contributed by atoms with Gasteiger partial charge in [-0.1, -0.05) is 12.1 Å². The summed E-state index contributed by atoms with van der Waals surface area (Å²) >= 11 is 11.8. The number of halogens is 2. The van der Waals surface area contributed by atoms with Gasteiger partial charge in [-0.15, -0.1) is 23.2 Å². The van der Waals surface area contributed by atoms with E-state index in [1.54, 1.807) is 31.2 Å². The van der Waals surface area contributed by atoms with Crippen molar-refractivity contribution in [1.29, 1.82) is 0 Å². The average molecular weight is 500 g/mol. The number of carbonyl (C=O) groups is 4. The van der Waals surface area contributed by atoms with Crippen molar-refractivity contribution >= 4 is 46.9 Å². The smallest absolute Gasteiger partial charge is 0.317 e. The van der Waals surface area contributed by atoms with Gasteiger partial charge in [0.05, 0.1) is 12.5 Å². The van der Waals surface area contributed by atoms with Crippen molar-refractivity contribution in [1.82, 2.24) is 4.90 Å². The fourth-order valence-electron chi connectivity index (χ4n) is 4.71. The van der Waals surface area contributed by atoms with Gasteiger partial charge in [-0.05, 0) is 24.6 Å². The summed E-state index contributed by atoms with van der Waals surface area (Å²) in [6, 6.07) is 6.44. The Hall–Kier alpha value is -2.16. The van der Waals surface area contributed by atoms with Gasteiger partial charge in [0.1, 0.15) is 23.7 Å². The number of alkyl halides is 2. The largest absolute Gasteiger partial charge is 0.466 e. The molecule has 4 rings (SSSR count). The maximum absolute atomic E-state index is 13.4. The van der Waals surface area contributed by atoms with Crippen LogP contribution < -0.4 is 4.74 Å². The fourth-order valence-corrected chi connectivity index (χ4v) is 5.18. The minimum Gasteiger partial charge on any atom is -0.466 e. The van der Waals surface area contributed by atoms with Crippen molar-refractivity contribution in [2.45, 2.75) is 25.9 Å². The molecule has 1 aromatic carbocycles. The molecule has 1 aliphatic carbocycles. The van der Waals surface area contributed by atoms with E-state index < -0.39 is 47.7 Å². The highest BCUT2D eigenvalue weighted by molar-refractivity contribution is 6.18. The van der Waals surface area contributed by atoms with E-state index in [-0.39, 0.29) is 18.9 Å². The Morgan fingerprint density at radius 3 is 2.27 bits per heavy atom. The van der Waals surface area contributed by atoms with Crippen LogP contribution in [-0.2, 0) is 28.7 Å². The molecule has 0 unspecified atom stereocenters. The summed E-state index contributed by atoms with van der Waals surface area (Å²) in [4.78, 5) is 52.4. The van der Waals surface area contributed by atoms with Crippen LogP contribution in [0.5, 0.6) is 5.75 Å². The summed E-state index contributed by atoms with van der Waals surface area (Å²) < 4.78 is 16.0. The third-order valence-corrected chi connectivity index (χ3v) is 6.35. The van der Waals surface area contributed by atoms with Crippen LogP contribution in [-0.4, -0.2) is 72.7 Å².